The molecule has 0 atom stereocenters. The van der Waals surface area contributed by atoms with Crippen molar-refractivity contribution in [2.45, 2.75) is 0 Å². The van der Waals surface area contributed by atoms with Gasteiger partial charge in [0.15, 0.2) is 0 Å². The molecule has 3 rings (SSSR count). The zero-order valence-corrected chi connectivity index (χ0v) is 9.71. The molecule has 3 saturated heterocycles. The molecule has 2 bridgehead atoms. The number of rotatable bonds is 3. The molecule has 3 fully saturated rings. The maximum Gasteiger partial charge on any atom is 0.338 e. The number of quaternary nitrogens is 2. The maximum atomic E-state index is 5.40. The Morgan fingerprint density at radius 3 is 2.07 bits per heavy atom. The number of guanidine groups is 1. The highest BCUT2D eigenvalue weighted by atomic mass is 15.5. The van der Waals surface area contributed by atoms with Gasteiger partial charge in [-0.05, 0) is 0 Å². The van der Waals surface area contributed by atoms with Gasteiger partial charge in [-0.2, -0.15) is 0 Å². The lowest BCUT2D eigenvalue weighted by molar-refractivity contribution is -1.07. The summed E-state index contributed by atoms with van der Waals surface area (Å²) < 4.78 is 2.56. The van der Waals surface area contributed by atoms with Crippen molar-refractivity contribution >= 4 is 5.96 Å². The monoisotopic (exact) mass is 214 g/mol. The predicted molar refractivity (Wildman–Crippen MR) is 59.7 cm³/mol. The van der Waals surface area contributed by atoms with Crippen LogP contribution >= 0.6 is 0 Å². The predicted octanol–water partition coefficient (Wildman–Crippen LogP) is -3.37. The minimum absolute atomic E-state index is 0.350. The van der Waals surface area contributed by atoms with Gasteiger partial charge in [-0.25, -0.2) is 0 Å². The topological polar surface area (TPSA) is 66.0 Å². The Morgan fingerprint density at radius 2 is 1.60 bits per heavy atom. The first-order chi connectivity index (χ1) is 7.04. The van der Waals surface area contributed by atoms with Gasteiger partial charge in [-0.3, -0.25) is 16.5 Å². The Kier molecular flexibility index (Phi) is 2.60. The summed E-state index contributed by atoms with van der Waals surface area (Å²) in [7, 11) is 2.39. The molecular formula is C10H24N5+3. The molecule has 0 aliphatic carbocycles. The van der Waals surface area contributed by atoms with Crippen LogP contribution in [0.2, 0.25) is 0 Å². The summed E-state index contributed by atoms with van der Waals surface area (Å²) in [5, 5.41) is 0. The van der Waals surface area contributed by atoms with Crippen LogP contribution in [0.3, 0.4) is 0 Å². The SMILES string of the molecule is C[N+]12CC[N+](CC[NH+]=C(N)N)(CC1)CC2. The maximum absolute atomic E-state index is 5.40. The molecule has 15 heavy (non-hydrogen) atoms. The molecule has 3 aliphatic rings. The first-order valence-corrected chi connectivity index (χ1v) is 5.84. The number of hydrogen-bond donors (Lipinski definition) is 3. The zero-order valence-electron chi connectivity index (χ0n) is 9.71. The van der Waals surface area contributed by atoms with Gasteiger partial charge in [0.05, 0.1) is 7.05 Å². The summed E-state index contributed by atoms with van der Waals surface area (Å²) in [6.45, 7) is 10.0. The highest BCUT2D eigenvalue weighted by Gasteiger charge is 2.46. The second kappa shape index (κ2) is 3.64. The van der Waals surface area contributed by atoms with Gasteiger partial charge in [-0.1, -0.05) is 0 Å². The minimum Gasteiger partial charge on any atom is -0.312 e. The van der Waals surface area contributed by atoms with Crippen LogP contribution in [0.5, 0.6) is 0 Å². The Hall–Kier alpha value is -0.810. The van der Waals surface area contributed by atoms with Crippen LogP contribution in [0, 0.1) is 0 Å². The molecule has 0 spiro atoms. The minimum atomic E-state index is 0.350. The van der Waals surface area contributed by atoms with Crippen molar-refractivity contribution in [1.29, 1.82) is 0 Å². The number of piperazine rings is 3. The van der Waals surface area contributed by atoms with E-state index in [1.807, 2.05) is 0 Å². The van der Waals surface area contributed by atoms with Crippen molar-refractivity contribution in [2.75, 3.05) is 59.4 Å². The smallest absolute Gasteiger partial charge is 0.312 e. The van der Waals surface area contributed by atoms with Gasteiger partial charge in [0, 0.05) is 0 Å². The molecular weight excluding hydrogens is 190 g/mol. The van der Waals surface area contributed by atoms with Crippen LogP contribution in [-0.4, -0.2) is 74.3 Å². The normalized spacial score (nSPS) is 39.0. The number of nitrogens with one attached hydrogen (secondary N) is 1. The lowest BCUT2D eigenvalue weighted by atomic mass is 10.1. The van der Waals surface area contributed by atoms with Crippen LogP contribution in [0.25, 0.3) is 0 Å². The molecule has 0 unspecified atom stereocenters. The van der Waals surface area contributed by atoms with E-state index in [-0.39, 0.29) is 0 Å². The molecule has 5 heteroatoms. The number of nitrogens with two attached hydrogens (primary N) is 2. The molecule has 0 aromatic carbocycles. The second-order valence-corrected chi connectivity index (χ2v) is 5.41. The third-order valence-corrected chi connectivity index (χ3v) is 4.26. The van der Waals surface area contributed by atoms with Crippen LogP contribution in [-0.2, 0) is 0 Å². The van der Waals surface area contributed by atoms with Crippen molar-refractivity contribution < 1.29 is 14.0 Å². The van der Waals surface area contributed by atoms with Crippen molar-refractivity contribution in [3.8, 4) is 0 Å². The summed E-state index contributed by atoms with van der Waals surface area (Å²) in [6, 6.07) is 0. The molecule has 0 aromatic rings. The van der Waals surface area contributed by atoms with Crippen LogP contribution < -0.4 is 16.5 Å². The van der Waals surface area contributed by atoms with Gasteiger partial charge in [-0.15, -0.1) is 0 Å². The Labute approximate surface area is 91.5 Å². The van der Waals surface area contributed by atoms with E-state index in [1.54, 1.807) is 0 Å². The molecule has 0 radical (unpaired) electrons. The van der Waals surface area contributed by atoms with Crippen molar-refractivity contribution in [1.82, 2.24) is 0 Å². The Morgan fingerprint density at radius 1 is 1.07 bits per heavy atom. The molecule has 3 aliphatic heterocycles. The number of fused-ring (bicyclic) bond motifs is 3. The van der Waals surface area contributed by atoms with Crippen LogP contribution in [0.4, 0.5) is 0 Å². The van der Waals surface area contributed by atoms with Crippen molar-refractivity contribution in [2.24, 2.45) is 11.5 Å². The Balaban J connectivity index is 1.90. The third kappa shape index (κ3) is 2.23. The summed E-state index contributed by atoms with van der Waals surface area (Å²) in [5.74, 6) is 0.350. The van der Waals surface area contributed by atoms with Crippen LogP contribution in [0.15, 0.2) is 0 Å². The van der Waals surface area contributed by atoms with Gasteiger partial charge in [0.2, 0.25) is 0 Å². The van der Waals surface area contributed by atoms with E-state index in [0.29, 0.717) is 5.96 Å². The average Bonchev–Trinajstić information content (AvgIpc) is 2.20. The highest BCUT2D eigenvalue weighted by molar-refractivity contribution is 5.69. The molecule has 86 valence electrons. The fraction of sp³-hybridized carbons (Fsp3) is 0.900. The standard InChI is InChI=1S/C10H23N5/c1-14-4-7-15(8-5-14,9-6-14)3-2-13-10(11)12/h2-9H2,1H3,(H4,11,12,13)/q+2/p+1. The molecule has 5 N–H and O–H groups in total. The quantitative estimate of drug-likeness (QED) is 0.261. The molecule has 3 heterocycles. The van der Waals surface area contributed by atoms with Crippen molar-refractivity contribution in [3.63, 3.8) is 0 Å². The second-order valence-electron chi connectivity index (χ2n) is 5.41. The lowest BCUT2D eigenvalue weighted by Gasteiger charge is -2.53. The number of likely N-dealkylation sites (N-methyl/N-ethyl adjacent to an activating group) is 1. The van der Waals surface area contributed by atoms with Crippen LogP contribution in [0.1, 0.15) is 0 Å². The molecule has 0 saturated carbocycles. The number of hydrogen-bond acceptors (Lipinski definition) is 0. The van der Waals surface area contributed by atoms with E-state index in [2.05, 4.69) is 12.0 Å². The third-order valence-electron chi connectivity index (χ3n) is 4.26. The first kappa shape index (κ1) is 10.7. The van der Waals surface area contributed by atoms with Gasteiger partial charge in [0.1, 0.15) is 52.4 Å². The van der Waals surface area contributed by atoms with Crippen molar-refractivity contribution in [3.05, 3.63) is 0 Å². The first-order valence-electron chi connectivity index (χ1n) is 5.84. The molecule has 5 nitrogen and oxygen atoms in total. The largest absolute Gasteiger partial charge is 0.338 e. The van der Waals surface area contributed by atoms with Gasteiger partial charge < -0.3 is 8.97 Å². The van der Waals surface area contributed by atoms with E-state index in [0.717, 1.165) is 13.1 Å². The lowest BCUT2D eigenvalue weighted by Crippen LogP contribution is -2.82. The molecule has 0 amide bonds. The summed E-state index contributed by atoms with van der Waals surface area (Å²) in [4.78, 5) is 3.03. The highest BCUT2D eigenvalue weighted by Crippen LogP contribution is 2.23. The van der Waals surface area contributed by atoms with E-state index < -0.39 is 0 Å². The zero-order chi connectivity index (χ0) is 10.9. The summed E-state index contributed by atoms with van der Waals surface area (Å²) >= 11 is 0. The number of nitrogens with zero attached hydrogens (tertiary/aromatic N) is 2. The Bertz CT molecular complexity index is 244. The van der Waals surface area contributed by atoms with E-state index in [9.17, 15) is 0 Å². The summed E-state index contributed by atoms with van der Waals surface area (Å²) in [5.41, 5.74) is 10.8. The fourth-order valence-electron chi connectivity index (χ4n) is 2.80. The van der Waals surface area contributed by atoms with Gasteiger partial charge >= 0.3 is 5.96 Å². The van der Waals surface area contributed by atoms with E-state index >= 15 is 0 Å². The van der Waals surface area contributed by atoms with Gasteiger partial charge in [0.25, 0.3) is 0 Å². The average molecular weight is 214 g/mol. The van der Waals surface area contributed by atoms with E-state index in [4.69, 9.17) is 11.5 Å². The van der Waals surface area contributed by atoms with E-state index in [1.165, 1.54) is 48.2 Å². The summed E-state index contributed by atoms with van der Waals surface area (Å²) in [6.07, 6.45) is 0. The fourth-order valence-corrected chi connectivity index (χ4v) is 2.80. The molecule has 0 aromatic heterocycles.